The maximum Gasteiger partial charge on any atom is 1.00 e. The third-order valence-corrected chi connectivity index (χ3v) is 1.68. The van der Waals surface area contributed by atoms with Gasteiger partial charge in [-0.2, -0.15) is 0 Å². The molecular formula is C9H8BF4KO. The van der Waals surface area contributed by atoms with E-state index in [1.165, 1.54) is 6.08 Å². The number of ether oxygens (including phenoxy) is 1. The van der Waals surface area contributed by atoms with Crippen LogP contribution in [0, 0.1) is 5.82 Å². The number of halogens is 4. The molecule has 0 amide bonds. The smallest absolute Gasteiger partial charge is 0.493 e. The molecule has 0 radical (unpaired) electrons. The minimum atomic E-state index is -5.27. The Balaban J connectivity index is 0.00000225. The van der Waals surface area contributed by atoms with Crippen LogP contribution in [0.3, 0.4) is 0 Å². The van der Waals surface area contributed by atoms with Gasteiger partial charge in [-0.05, 0) is 18.2 Å². The molecule has 0 atom stereocenters. The standard InChI is InChI=1S/C9H8BF4O.K/c1-2-5-15-9-4-3-7(11)6-8(9)10(12,13)14;/h2-4,6H,1,5H2;/q-1;+1. The maximum atomic E-state index is 12.6. The SMILES string of the molecule is C=CCOc1ccc(F)cc1[B-](F)(F)F.[K+]. The predicted octanol–water partition coefficient (Wildman–Crippen LogP) is -0.551. The van der Waals surface area contributed by atoms with E-state index in [9.17, 15) is 17.3 Å². The van der Waals surface area contributed by atoms with Gasteiger partial charge in [-0.1, -0.05) is 18.1 Å². The van der Waals surface area contributed by atoms with Crippen LogP contribution < -0.4 is 61.6 Å². The van der Waals surface area contributed by atoms with Crippen molar-refractivity contribution in [2.24, 2.45) is 0 Å². The zero-order valence-corrected chi connectivity index (χ0v) is 11.8. The van der Waals surface area contributed by atoms with Gasteiger partial charge in [-0.3, -0.25) is 0 Å². The zero-order chi connectivity index (χ0) is 11.5. The van der Waals surface area contributed by atoms with Crippen LogP contribution in [0.2, 0.25) is 0 Å². The van der Waals surface area contributed by atoms with Crippen molar-refractivity contribution in [2.75, 3.05) is 6.61 Å². The minimum Gasteiger partial charge on any atom is -0.493 e. The first-order valence-corrected chi connectivity index (χ1v) is 4.18. The second-order valence-electron chi connectivity index (χ2n) is 2.86. The molecule has 1 aromatic carbocycles. The monoisotopic (exact) mass is 258 g/mol. The molecule has 0 bridgehead atoms. The van der Waals surface area contributed by atoms with E-state index in [1.807, 2.05) is 0 Å². The van der Waals surface area contributed by atoms with Gasteiger partial charge in [0.25, 0.3) is 0 Å². The summed E-state index contributed by atoms with van der Waals surface area (Å²) >= 11 is 0. The molecule has 1 nitrogen and oxygen atoms in total. The fourth-order valence-corrected chi connectivity index (χ4v) is 1.06. The summed E-state index contributed by atoms with van der Waals surface area (Å²) in [5.74, 6) is -1.31. The Hall–Kier alpha value is 0.181. The second-order valence-corrected chi connectivity index (χ2v) is 2.86. The number of hydrogen-bond acceptors (Lipinski definition) is 1. The summed E-state index contributed by atoms with van der Waals surface area (Å²) in [5, 5.41) is 0. The van der Waals surface area contributed by atoms with Crippen molar-refractivity contribution in [3.05, 3.63) is 36.7 Å². The van der Waals surface area contributed by atoms with Crippen LogP contribution >= 0.6 is 0 Å². The third-order valence-electron chi connectivity index (χ3n) is 1.68. The molecule has 0 heterocycles. The normalized spacial score (nSPS) is 10.5. The molecule has 7 heteroatoms. The van der Waals surface area contributed by atoms with Crippen molar-refractivity contribution in [1.29, 1.82) is 0 Å². The van der Waals surface area contributed by atoms with Crippen LogP contribution in [0.4, 0.5) is 17.3 Å². The van der Waals surface area contributed by atoms with Crippen molar-refractivity contribution in [3.63, 3.8) is 0 Å². The van der Waals surface area contributed by atoms with E-state index in [-0.39, 0.29) is 63.7 Å². The number of benzene rings is 1. The van der Waals surface area contributed by atoms with E-state index >= 15 is 0 Å². The molecule has 0 aliphatic carbocycles. The fraction of sp³-hybridized carbons (Fsp3) is 0.111. The molecular weight excluding hydrogens is 250 g/mol. The molecule has 0 saturated heterocycles. The maximum absolute atomic E-state index is 12.6. The summed E-state index contributed by atoms with van der Waals surface area (Å²) in [6.45, 7) is -2.01. The molecule has 0 unspecified atom stereocenters. The molecule has 0 saturated carbocycles. The van der Waals surface area contributed by atoms with Gasteiger partial charge in [0.1, 0.15) is 12.4 Å². The topological polar surface area (TPSA) is 9.23 Å². The predicted molar refractivity (Wildman–Crippen MR) is 50.8 cm³/mol. The van der Waals surface area contributed by atoms with E-state index in [0.29, 0.717) is 6.07 Å². The molecule has 0 aliphatic rings. The van der Waals surface area contributed by atoms with Crippen LogP contribution in [-0.2, 0) is 0 Å². The zero-order valence-electron chi connectivity index (χ0n) is 8.72. The molecule has 82 valence electrons. The van der Waals surface area contributed by atoms with Crippen molar-refractivity contribution in [3.8, 4) is 5.75 Å². The fourth-order valence-electron chi connectivity index (χ4n) is 1.06. The van der Waals surface area contributed by atoms with Crippen molar-refractivity contribution in [2.45, 2.75) is 0 Å². The van der Waals surface area contributed by atoms with Crippen LogP contribution in [0.25, 0.3) is 0 Å². The van der Waals surface area contributed by atoms with Gasteiger partial charge < -0.3 is 17.7 Å². The van der Waals surface area contributed by atoms with Crippen molar-refractivity contribution >= 4 is 12.4 Å². The Bertz CT molecular complexity index is 367. The second kappa shape index (κ2) is 6.81. The van der Waals surface area contributed by atoms with Crippen LogP contribution in [0.1, 0.15) is 0 Å². The van der Waals surface area contributed by atoms with E-state index in [1.54, 1.807) is 0 Å². The van der Waals surface area contributed by atoms with E-state index in [2.05, 4.69) is 6.58 Å². The van der Waals surface area contributed by atoms with E-state index in [0.717, 1.165) is 12.1 Å². The number of hydrogen-bond donors (Lipinski definition) is 0. The van der Waals surface area contributed by atoms with Crippen molar-refractivity contribution in [1.82, 2.24) is 0 Å². The Morgan fingerprint density at radius 2 is 1.94 bits per heavy atom. The first kappa shape index (κ1) is 16.2. The third kappa shape index (κ3) is 4.59. The van der Waals surface area contributed by atoms with Gasteiger partial charge in [-0.25, -0.2) is 4.39 Å². The Morgan fingerprint density at radius 3 is 2.44 bits per heavy atom. The summed E-state index contributed by atoms with van der Waals surface area (Å²) in [4.78, 5) is 0. The molecule has 0 aromatic heterocycles. The minimum absolute atomic E-state index is 0. The van der Waals surface area contributed by atoms with E-state index < -0.39 is 18.3 Å². The summed E-state index contributed by atoms with van der Waals surface area (Å²) in [6, 6.07) is 2.31. The summed E-state index contributed by atoms with van der Waals surface area (Å²) in [7, 11) is 0. The first-order chi connectivity index (χ1) is 6.95. The van der Waals surface area contributed by atoms with Gasteiger partial charge in [0.05, 0.1) is 5.75 Å². The Labute approximate surface area is 133 Å². The first-order valence-electron chi connectivity index (χ1n) is 4.18. The van der Waals surface area contributed by atoms with Crippen LogP contribution in [-0.4, -0.2) is 13.6 Å². The average Bonchev–Trinajstić information content (AvgIpc) is 2.14. The van der Waals surface area contributed by atoms with Gasteiger partial charge in [0, 0.05) is 0 Å². The van der Waals surface area contributed by atoms with Gasteiger partial charge in [-0.15, -0.1) is 0 Å². The van der Waals surface area contributed by atoms with Gasteiger partial charge in [0.15, 0.2) is 0 Å². The van der Waals surface area contributed by atoms with Gasteiger partial charge in [0.2, 0.25) is 0 Å². The van der Waals surface area contributed by atoms with Crippen LogP contribution in [0.15, 0.2) is 30.9 Å². The molecule has 0 spiro atoms. The molecule has 0 fully saturated rings. The molecule has 16 heavy (non-hydrogen) atoms. The summed E-state index contributed by atoms with van der Waals surface area (Å²) in [6.07, 6.45) is 1.32. The molecule has 1 aromatic rings. The average molecular weight is 258 g/mol. The van der Waals surface area contributed by atoms with E-state index in [4.69, 9.17) is 4.74 Å². The van der Waals surface area contributed by atoms with Gasteiger partial charge >= 0.3 is 58.4 Å². The molecule has 0 aliphatic heterocycles. The summed E-state index contributed by atoms with van der Waals surface area (Å²) < 4.78 is 54.7. The van der Waals surface area contributed by atoms with Crippen LogP contribution in [0.5, 0.6) is 5.75 Å². The number of rotatable bonds is 4. The Morgan fingerprint density at radius 1 is 1.31 bits per heavy atom. The Kier molecular flexibility index (Phi) is 6.88. The quantitative estimate of drug-likeness (QED) is 0.400. The molecule has 0 N–H and O–H groups in total. The largest absolute Gasteiger partial charge is 1.00 e. The van der Waals surface area contributed by atoms with Crippen molar-refractivity contribution < 1.29 is 73.5 Å². The summed E-state index contributed by atoms with van der Waals surface area (Å²) in [5.41, 5.74) is -1.06. The molecule has 1 rings (SSSR count).